The van der Waals surface area contributed by atoms with Gasteiger partial charge < -0.3 is 71.1 Å². The number of benzene rings is 9. The molecule has 2 aliphatic carbocycles. The molecule has 3 saturated heterocycles. The van der Waals surface area contributed by atoms with Gasteiger partial charge in [0.25, 0.3) is 0 Å². The van der Waals surface area contributed by atoms with Crippen LogP contribution in [0.2, 0.25) is 0 Å². The van der Waals surface area contributed by atoms with Gasteiger partial charge in [-0.2, -0.15) is 0 Å². The zero-order valence-corrected chi connectivity index (χ0v) is 59.0. The molecule has 0 unspecified atom stereocenters. The zero-order valence-electron chi connectivity index (χ0n) is 59.0. The Morgan fingerprint density at radius 2 is 0.590 bits per heavy atom. The molecular weight excluding hydrogens is 1330 g/mol. The monoisotopic (exact) mass is 1420 g/mol. The third kappa shape index (κ3) is 19.9. The van der Waals surface area contributed by atoms with E-state index in [0.717, 1.165) is 69.3 Å². The van der Waals surface area contributed by atoms with Crippen molar-refractivity contribution in [2.24, 2.45) is 5.11 Å². The highest BCUT2D eigenvalue weighted by Gasteiger charge is 2.64. The highest BCUT2D eigenvalue weighted by Crippen LogP contribution is 2.49. The number of ether oxygens (including phenoxy) is 15. The summed E-state index contributed by atoms with van der Waals surface area (Å²) in [7, 11) is 0. The van der Waals surface area contributed by atoms with Crippen molar-refractivity contribution >= 4 is 0 Å². The number of nitrogens with zero attached hydrogens (tertiary/aromatic N) is 3. The molecule has 0 amide bonds. The molecule has 14 rings (SSSR count). The first-order valence-corrected chi connectivity index (χ1v) is 36.8. The molecule has 0 aromatic heterocycles. The summed E-state index contributed by atoms with van der Waals surface area (Å²) in [4.78, 5) is 3.62. The van der Waals surface area contributed by atoms with E-state index in [0.29, 0.717) is 12.8 Å². The molecule has 3 aliphatic heterocycles. The molecule has 0 bridgehead atoms. The minimum atomic E-state index is -1.40. The van der Waals surface area contributed by atoms with Gasteiger partial charge in [0.15, 0.2) is 18.4 Å². The summed E-state index contributed by atoms with van der Waals surface area (Å²) in [5.41, 5.74) is 19.5. The topological polar surface area (TPSA) is 187 Å². The van der Waals surface area contributed by atoms with Gasteiger partial charge in [0, 0.05) is 17.8 Å². The van der Waals surface area contributed by atoms with Crippen molar-refractivity contribution in [2.75, 3.05) is 13.2 Å². The van der Waals surface area contributed by atoms with E-state index in [1.54, 1.807) is 0 Å². The molecule has 16 atom stereocenters. The summed E-state index contributed by atoms with van der Waals surface area (Å²) in [5.74, 6) is -0.981. The highest BCUT2D eigenvalue weighted by molar-refractivity contribution is 5.22. The molecular formula is C87H93N3O15. The van der Waals surface area contributed by atoms with Gasteiger partial charge in [-0.15, -0.1) is 0 Å². The number of rotatable bonds is 34. The van der Waals surface area contributed by atoms with Gasteiger partial charge in [-0.1, -0.05) is 285 Å². The molecule has 5 fully saturated rings. The van der Waals surface area contributed by atoms with Gasteiger partial charge in [-0.25, -0.2) is 0 Å². The number of hydrogen-bond donors (Lipinski definition) is 0. The molecule has 546 valence electrons. The van der Waals surface area contributed by atoms with E-state index in [1.807, 2.05) is 273 Å². The van der Waals surface area contributed by atoms with E-state index in [-0.39, 0.29) is 72.7 Å². The lowest BCUT2D eigenvalue weighted by molar-refractivity contribution is -0.371. The minimum Gasteiger partial charge on any atom is -0.374 e. The molecule has 18 heteroatoms. The normalized spacial score (nSPS) is 27.0. The van der Waals surface area contributed by atoms with E-state index in [1.165, 1.54) is 0 Å². The van der Waals surface area contributed by atoms with Gasteiger partial charge in [0.05, 0.1) is 72.7 Å². The lowest BCUT2D eigenvalue weighted by atomic mass is 9.83. The maximum absolute atomic E-state index is 11.2. The molecule has 9 aromatic rings. The van der Waals surface area contributed by atoms with Crippen LogP contribution in [-0.4, -0.2) is 117 Å². The zero-order chi connectivity index (χ0) is 71.1. The van der Waals surface area contributed by atoms with E-state index < -0.39 is 104 Å². The molecule has 5 aliphatic rings. The second-order valence-corrected chi connectivity index (χ2v) is 27.4. The lowest BCUT2D eigenvalue weighted by Gasteiger charge is -2.51. The van der Waals surface area contributed by atoms with Crippen LogP contribution in [-0.2, 0) is 131 Å². The number of fused-ring (bicyclic) bond motifs is 1. The van der Waals surface area contributed by atoms with Crippen molar-refractivity contribution in [3.8, 4) is 0 Å². The fourth-order valence-corrected chi connectivity index (χ4v) is 14.7. The van der Waals surface area contributed by atoms with Crippen LogP contribution in [0.25, 0.3) is 10.4 Å². The predicted molar refractivity (Wildman–Crippen MR) is 393 cm³/mol. The van der Waals surface area contributed by atoms with Gasteiger partial charge in [-0.05, 0) is 68.4 Å². The largest absolute Gasteiger partial charge is 0.374 e. The van der Waals surface area contributed by atoms with Crippen LogP contribution < -0.4 is 0 Å². The third-order valence-corrected chi connectivity index (χ3v) is 20.0. The molecule has 2 saturated carbocycles. The molecule has 0 radical (unpaired) electrons. The van der Waals surface area contributed by atoms with Crippen LogP contribution >= 0.6 is 0 Å². The van der Waals surface area contributed by atoms with Gasteiger partial charge in [0.1, 0.15) is 85.4 Å². The summed E-state index contributed by atoms with van der Waals surface area (Å²) < 4.78 is 110. The van der Waals surface area contributed by atoms with Gasteiger partial charge in [-0.3, -0.25) is 0 Å². The van der Waals surface area contributed by atoms with Crippen LogP contribution in [0.4, 0.5) is 0 Å². The van der Waals surface area contributed by atoms with Crippen molar-refractivity contribution < 1.29 is 71.1 Å². The second kappa shape index (κ2) is 37.8. The lowest BCUT2D eigenvalue weighted by Crippen LogP contribution is -2.68. The van der Waals surface area contributed by atoms with E-state index in [9.17, 15) is 5.53 Å². The minimum absolute atomic E-state index is 0.0486. The summed E-state index contributed by atoms with van der Waals surface area (Å²) in [6, 6.07) is 88.5. The molecule has 18 nitrogen and oxygen atoms in total. The van der Waals surface area contributed by atoms with Crippen molar-refractivity contribution in [3.05, 3.63) is 334 Å². The molecule has 105 heavy (non-hydrogen) atoms. The predicted octanol–water partition coefficient (Wildman–Crippen LogP) is 15.9. The summed E-state index contributed by atoms with van der Waals surface area (Å²) in [5, 5.41) is 4.69. The molecule has 3 heterocycles. The SMILES string of the molecule is [N-]=[N+]=N[C@H]1[C@@H](O[C@@H]2[C@@H](OCc3ccccc3)[C@H](OCc3ccccc3)[C@@H](OCc3ccccc3)[C@H]3OC4(CCCCC4)O[C@@H]23)O[C@H](COCc2ccccc2)[C@@H](O[C@H]2O[C@H](COCc3ccccc3)[C@@H](OCc3ccccc3)[C@H](OCc3ccccc3)[C@@H]2OCc2ccccc2)[C@@H]1OCc1ccccc1. The average Bonchev–Trinajstić information content (AvgIpc) is 1.63. The molecule has 9 aromatic carbocycles. The van der Waals surface area contributed by atoms with Crippen molar-refractivity contribution in [2.45, 2.75) is 195 Å². The van der Waals surface area contributed by atoms with Crippen molar-refractivity contribution in [1.82, 2.24) is 0 Å². The van der Waals surface area contributed by atoms with Crippen molar-refractivity contribution in [1.29, 1.82) is 0 Å². The standard InChI is InChI=1S/C87H93N3O15/c88-90-89-73-76(94-54-65-37-17-4-18-38-65)75(102-86-84(99-59-70-47-27-9-28-48-70)77(95-55-66-39-19-5-20-40-66)74(93-53-64-35-15-3-16-36-64)71(101-86)60-91-51-62-31-11-1-12-32-62)72(61-92-52-63-33-13-2-14-34-63)100-85(73)103-81-79(97-57-68-43-23-7-24-44-68)78(96-56-67-41-21-6-22-42-67)80(98-58-69-45-25-8-26-46-69)82-83(81)105-87(104-82)49-29-10-30-50-87/h1-9,11-28,31-48,71-86H,10,29-30,49-61H2/t71-,72-,73-,74-,75-,76-,77+,78+,79+,80-,81-,82-,83+,84+,85-,86-/m1/s1. The fraction of sp³-hybridized carbons (Fsp3) is 0.379. The van der Waals surface area contributed by atoms with Gasteiger partial charge >= 0.3 is 0 Å². The Morgan fingerprint density at radius 3 is 0.971 bits per heavy atom. The Bertz CT molecular complexity index is 4010. The van der Waals surface area contributed by atoms with E-state index >= 15 is 0 Å². The molecule has 0 N–H and O–H groups in total. The van der Waals surface area contributed by atoms with E-state index in [2.05, 4.69) is 4.91 Å². The first-order chi connectivity index (χ1) is 52.0. The Labute approximate surface area is 615 Å². The summed E-state index contributed by atoms with van der Waals surface area (Å²) in [6.45, 7) is 1.64. The van der Waals surface area contributed by atoms with Crippen LogP contribution in [0.5, 0.6) is 0 Å². The quantitative estimate of drug-likeness (QED) is 0.0210. The first-order valence-electron chi connectivity index (χ1n) is 36.8. The highest BCUT2D eigenvalue weighted by atomic mass is 16.8. The first kappa shape index (κ1) is 73.6. The van der Waals surface area contributed by atoms with E-state index in [4.69, 9.17) is 76.2 Å². The third-order valence-electron chi connectivity index (χ3n) is 20.0. The van der Waals surface area contributed by atoms with Gasteiger partial charge in [0.2, 0.25) is 0 Å². The van der Waals surface area contributed by atoms with Crippen LogP contribution in [0.3, 0.4) is 0 Å². The second-order valence-electron chi connectivity index (χ2n) is 27.4. The maximum atomic E-state index is 11.2. The van der Waals surface area contributed by atoms with Crippen LogP contribution in [0, 0.1) is 0 Å². The summed E-state index contributed by atoms with van der Waals surface area (Å²) in [6.07, 6.45) is -10.7. The average molecular weight is 1420 g/mol. The Kier molecular flexibility index (Phi) is 26.5. The van der Waals surface area contributed by atoms with Crippen molar-refractivity contribution in [3.63, 3.8) is 0 Å². The molecule has 1 spiro atoms. The number of azide groups is 1. The fourth-order valence-electron chi connectivity index (χ4n) is 14.7. The Hall–Kier alpha value is -8.31. The van der Waals surface area contributed by atoms with Crippen LogP contribution in [0.1, 0.15) is 82.2 Å². The smallest absolute Gasteiger partial charge is 0.187 e. The Morgan fingerprint density at radius 1 is 0.305 bits per heavy atom. The number of hydrogen-bond acceptors (Lipinski definition) is 16. The summed E-state index contributed by atoms with van der Waals surface area (Å²) >= 11 is 0. The van der Waals surface area contributed by atoms with Crippen LogP contribution in [0.15, 0.2) is 278 Å². The maximum Gasteiger partial charge on any atom is 0.187 e. The Balaban J connectivity index is 0.880.